The number of likely N-dealkylation sites (tertiary alicyclic amines) is 1. The summed E-state index contributed by atoms with van der Waals surface area (Å²) in [6, 6.07) is 0.591. The van der Waals surface area contributed by atoms with E-state index in [-0.39, 0.29) is 12.4 Å². The lowest BCUT2D eigenvalue weighted by atomic mass is 9.92. The maximum absolute atomic E-state index is 5.44. The van der Waals surface area contributed by atoms with Gasteiger partial charge in [-0.25, -0.2) is 0 Å². The van der Waals surface area contributed by atoms with Gasteiger partial charge in [0.05, 0.1) is 13.1 Å². The summed E-state index contributed by atoms with van der Waals surface area (Å²) < 4.78 is 5.00. The molecule has 0 aromatic carbocycles. The first-order valence-corrected chi connectivity index (χ1v) is 5.96. The molecular formula is C11H21ClN4O. The molecule has 1 aromatic rings. The number of hydrogen-bond donors (Lipinski definition) is 1. The second-order valence-corrected chi connectivity index (χ2v) is 4.64. The number of piperidine rings is 1. The Morgan fingerprint density at radius 2 is 2.24 bits per heavy atom. The Balaban J connectivity index is 0.00000144. The zero-order valence-corrected chi connectivity index (χ0v) is 11.2. The normalized spacial score (nSPS) is 25.6. The molecule has 1 saturated heterocycles. The summed E-state index contributed by atoms with van der Waals surface area (Å²) in [6.07, 6.45) is 2.57. The monoisotopic (exact) mass is 260 g/mol. The Morgan fingerprint density at radius 1 is 1.47 bits per heavy atom. The standard InChI is InChI=1S/C11H20N4O.ClH/c1-8-4-3-5-15(9(8)2)7-10-13-11(6-12)16-14-10;/h8-9H,3-7,12H2,1-2H3;1H. The third-order valence-electron chi connectivity index (χ3n) is 3.53. The molecule has 2 unspecified atom stereocenters. The molecule has 1 fully saturated rings. The molecule has 2 heterocycles. The van der Waals surface area contributed by atoms with Gasteiger partial charge in [-0.2, -0.15) is 4.98 Å². The summed E-state index contributed by atoms with van der Waals surface area (Å²) in [4.78, 5) is 6.65. The van der Waals surface area contributed by atoms with Crippen LogP contribution < -0.4 is 5.73 Å². The second-order valence-electron chi connectivity index (χ2n) is 4.64. The van der Waals surface area contributed by atoms with Gasteiger partial charge in [-0.1, -0.05) is 12.1 Å². The van der Waals surface area contributed by atoms with Gasteiger partial charge in [-0.15, -0.1) is 12.4 Å². The summed E-state index contributed by atoms with van der Waals surface area (Å²) in [7, 11) is 0. The zero-order chi connectivity index (χ0) is 11.5. The molecule has 2 rings (SSSR count). The molecule has 98 valence electrons. The van der Waals surface area contributed by atoms with Gasteiger partial charge in [-0.3, -0.25) is 4.90 Å². The van der Waals surface area contributed by atoms with E-state index < -0.39 is 0 Å². The third kappa shape index (κ3) is 3.40. The molecule has 2 N–H and O–H groups in total. The van der Waals surface area contributed by atoms with E-state index >= 15 is 0 Å². The van der Waals surface area contributed by atoms with E-state index in [2.05, 4.69) is 28.9 Å². The molecule has 0 bridgehead atoms. The Bertz CT molecular complexity index is 344. The van der Waals surface area contributed by atoms with E-state index in [0.29, 0.717) is 18.5 Å². The van der Waals surface area contributed by atoms with Crippen molar-refractivity contribution in [3.63, 3.8) is 0 Å². The number of aromatic nitrogens is 2. The topological polar surface area (TPSA) is 68.2 Å². The van der Waals surface area contributed by atoms with Crippen LogP contribution in [0.4, 0.5) is 0 Å². The minimum Gasteiger partial charge on any atom is -0.338 e. The average Bonchev–Trinajstić information content (AvgIpc) is 2.73. The van der Waals surface area contributed by atoms with Gasteiger partial charge in [-0.05, 0) is 32.2 Å². The molecule has 0 radical (unpaired) electrons. The maximum Gasteiger partial charge on any atom is 0.240 e. The SMILES string of the molecule is CC1CCCN(Cc2noc(CN)n2)C1C.Cl. The minimum absolute atomic E-state index is 0. The van der Waals surface area contributed by atoms with Gasteiger partial charge in [0.25, 0.3) is 0 Å². The van der Waals surface area contributed by atoms with Gasteiger partial charge in [0, 0.05) is 6.04 Å². The van der Waals surface area contributed by atoms with E-state index in [1.54, 1.807) is 0 Å². The van der Waals surface area contributed by atoms with Crippen molar-refractivity contribution in [2.75, 3.05) is 6.54 Å². The maximum atomic E-state index is 5.44. The van der Waals surface area contributed by atoms with Crippen molar-refractivity contribution in [1.82, 2.24) is 15.0 Å². The van der Waals surface area contributed by atoms with Gasteiger partial charge in [0.15, 0.2) is 5.82 Å². The van der Waals surface area contributed by atoms with Crippen LogP contribution in [-0.2, 0) is 13.1 Å². The minimum atomic E-state index is 0. The fourth-order valence-corrected chi connectivity index (χ4v) is 2.26. The smallest absolute Gasteiger partial charge is 0.240 e. The lowest BCUT2D eigenvalue weighted by molar-refractivity contribution is 0.103. The van der Waals surface area contributed by atoms with Crippen molar-refractivity contribution in [3.8, 4) is 0 Å². The summed E-state index contributed by atoms with van der Waals surface area (Å²) >= 11 is 0. The molecule has 0 saturated carbocycles. The first-order valence-electron chi connectivity index (χ1n) is 5.96. The van der Waals surface area contributed by atoms with Crippen LogP contribution in [0, 0.1) is 5.92 Å². The van der Waals surface area contributed by atoms with Crippen molar-refractivity contribution in [3.05, 3.63) is 11.7 Å². The van der Waals surface area contributed by atoms with Crippen LogP contribution in [0.15, 0.2) is 4.52 Å². The summed E-state index contributed by atoms with van der Waals surface area (Å²) in [5.74, 6) is 2.02. The van der Waals surface area contributed by atoms with Gasteiger partial charge >= 0.3 is 0 Å². The first kappa shape index (κ1) is 14.4. The summed E-state index contributed by atoms with van der Waals surface area (Å²) in [5.41, 5.74) is 5.44. The van der Waals surface area contributed by atoms with Crippen molar-refractivity contribution in [2.24, 2.45) is 11.7 Å². The molecule has 0 amide bonds. The predicted octanol–water partition coefficient (Wildman–Crippen LogP) is 1.57. The quantitative estimate of drug-likeness (QED) is 0.894. The van der Waals surface area contributed by atoms with Crippen LogP contribution in [0.1, 0.15) is 38.4 Å². The highest BCUT2D eigenvalue weighted by Gasteiger charge is 2.25. The molecule has 1 aliphatic heterocycles. The molecular weight excluding hydrogens is 240 g/mol. The Labute approximate surface area is 108 Å². The Morgan fingerprint density at radius 3 is 2.88 bits per heavy atom. The fraction of sp³-hybridized carbons (Fsp3) is 0.818. The largest absolute Gasteiger partial charge is 0.338 e. The van der Waals surface area contributed by atoms with Crippen LogP contribution in [0.3, 0.4) is 0 Å². The number of nitrogens with two attached hydrogens (primary N) is 1. The van der Waals surface area contributed by atoms with Crippen LogP contribution in [0.25, 0.3) is 0 Å². The highest BCUT2D eigenvalue weighted by molar-refractivity contribution is 5.85. The average molecular weight is 261 g/mol. The van der Waals surface area contributed by atoms with E-state index in [4.69, 9.17) is 10.3 Å². The molecule has 6 heteroatoms. The van der Waals surface area contributed by atoms with Crippen LogP contribution >= 0.6 is 12.4 Å². The molecule has 1 aliphatic rings. The van der Waals surface area contributed by atoms with Crippen molar-refractivity contribution < 1.29 is 4.52 Å². The molecule has 1 aromatic heterocycles. The van der Waals surface area contributed by atoms with Gasteiger partial charge in [0.1, 0.15) is 0 Å². The number of halogens is 1. The van der Waals surface area contributed by atoms with Crippen LogP contribution in [0.5, 0.6) is 0 Å². The lowest BCUT2D eigenvalue weighted by Crippen LogP contribution is -2.41. The second kappa shape index (κ2) is 6.33. The molecule has 5 nitrogen and oxygen atoms in total. The van der Waals surface area contributed by atoms with E-state index in [0.717, 1.165) is 24.8 Å². The Hall–Kier alpha value is -0.650. The lowest BCUT2D eigenvalue weighted by Gasteiger charge is -2.37. The van der Waals surface area contributed by atoms with Crippen molar-refractivity contribution >= 4 is 12.4 Å². The highest BCUT2D eigenvalue weighted by atomic mass is 35.5. The first-order chi connectivity index (χ1) is 7.70. The molecule has 0 spiro atoms. The Kier molecular flexibility index (Phi) is 5.36. The summed E-state index contributed by atoms with van der Waals surface area (Å²) in [5, 5.41) is 3.93. The molecule has 2 atom stereocenters. The highest BCUT2D eigenvalue weighted by Crippen LogP contribution is 2.23. The third-order valence-corrected chi connectivity index (χ3v) is 3.53. The number of rotatable bonds is 3. The van der Waals surface area contributed by atoms with Crippen LogP contribution in [-0.4, -0.2) is 27.6 Å². The summed E-state index contributed by atoms with van der Waals surface area (Å²) in [6.45, 7) is 6.79. The fourth-order valence-electron chi connectivity index (χ4n) is 2.26. The molecule has 17 heavy (non-hydrogen) atoms. The number of hydrogen-bond acceptors (Lipinski definition) is 5. The van der Waals surface area contributed by atoms with Gasteiger partial charge in [0.2, 0.25) is 5.89 Å². The van der Waals surface area contributed by atoms with Crippen molar-refractivity contribution in [2.45, 2.75) is 45.8 Å². The molecule has 0 aliphatic carbocycles. The van der Waals surface area contributed by atoms with Gasteiger partial charge < -0.3 is 10.3 Å². The predicted molar refractivity (Wildman–Crippen MR) is 67.7 cm³/mol. The zero-order valence-electron chi connectivity index (χ0n) is 10.4. The van der Waals surface area contributed by atoms with E-state index in [1.807, 2.05) is 0 Å². The van der Waals surface area contributed by atoms with E-state index in [9.17, 15) is 0 Å². The number of nitrogens with zero attached hydrogens (tertiary/aromatic N) is 3. The van der Waals surface area contributed by atoms with E-state index in [1.165, 1.54) is 12.8 Å². The van der Waals surface area contributed by atoms with Crippen LogP contribution in [0.2, 0.25) is 0 Å². The van der Waals surface area contributed by atoms with Crippen molar-refractivity contribution in [1.29, 1.82) is 0 Å².